The molecule has 1 unspecified atom stereocenters. The van der Waals surface area contributed by atoms with Crippen LogP contribution in [0.2, 0.25) is 0 Å². The highest BCUT2D eigenvalue weighted by molar-refractivity contribution is 5.69. The van der Waals surface area contributed by atoms with E-state index in [0.29, 0.717) is 13.0 Å². The first-order valence-electron chi connectivity index (χ1n) is 20.4. The van der Waals surface area contributed by atoms with Crippen LogP contribution in [0.3, 0.4) is 0 Å². The Balaban J connectivity index is 3.51. The van der Waals surface area contributed by atoms with Crippen LogP contribution in [-0.2, 0) is 14.3 Å². The average molecular weight is 671 g/mol. The molecule has 0 radical (unpaired) electrons. The van der Waals surface area contributed by atoms with E-state index in [1.807, 2.05) is 0 Å². The third-order valence-electron chi connectivity index (χ3n) is 8.57. The molecule has 0 amide bonds. The smallest absolute Gasteiger partial charge is 0.306 e. The average Bonchev–Trinajstić information content (AvgIpc) is 3.09. The molecule has 4 heteroatoms. The summed E-state index contributed by atoms with van der Waals surface area (Å²) >= 11 is 0. The monoisotopic (exact) mass is 671 g/mol. The Morgan fingerprint density at radius 1 is 0.500 bits per heavy atom. The lowest BCUT2D eigenvalue weighted by molar-refractivity contribution is -0.154. The Labute approximate surface area is 298 Å². The second kappa shape index (κ2) is 41.3. The SMILES string of the molecule is CCCC/C=C\C/C=C\CCCCCCCCOCC(CO)OC(=O)CCCCCCCC/C=C\C/C=C\C/C=C\CCCCCCC. The second-order valence-electron chi connectivity index (χ2n) is 13.3. The first kappa shape index (κ1) is 46.1. The lowest BCUT2D eigenvalue weighted by Gasteiger charge is -2.15. The summed E-state index contributed by atoms with van der Waals surface area (Å²) in [5.41, 5.74) is 0. The number of ether oxygens (including phenoxy) is 2. The number of carbonyl (C=O) groups is 1. The summed E-state index contributed by atoms with van der Waals surface area (Å²) in [6.07, 6.45) is 54.1. The lowest BCUT2D eigenvalue weighted by atomic mass is 10.1. The van der Waals surface area contributed by atoms with E-state index in [9.17, 15) is 9.90 Å². The van der Waals surface area contributed by atoms with Gasteiger partial charge in [0.1, 0.15) is 6.10 Å². The Morgan fingerprint density at radius 3 is 1.38 bits per heavy atom. The fourth-order valence-electron chi connectivity index (χ4n) is 5.47. The standard InChI is InChI=1S/C44H78O4/c1-3-5-7-9-11-13-15-17-19-20-21-22-23-24-25-27-29-31-33-35-37-39-44(46)48-43(41-45)42-47-40-38-36-34-32-30-28-26-18-16-14-12-10-8-6-4-2/h10,12,15-18,20-21,23-24,43,45H,3-9,11,13-14,19,22,25-42H2,1-2H3/b12-10-,17-15-,18-16-,21-20-,24-23-. The maximum Gasteiger partial charge on any atom is 0.306 e. The van der Waals surface area contributed by atoms with Gasteiger partial charge in [0.2, 0.25) is 0 Å². The van der Waals surface area contributed by atoms with Crippen molar-refractivity contribution in [1.82, 2.24) is 0 Å². The molecule has 4 nitrogen and oxygen atoms in total. The molecule has 1 atom stereocenters. The zero-order valence-electron chi connectivity index (χ0n) is 31.7. The highest BCUT2D eigenvalue weighted by Gasteiger charge is 2.13. The second-order valence-corrected chi connectivity index (χ2v) is 13.3. The van der Waals surface area contributed by atoms with Gasteiger partial charge in [-0.3, -0.25) is 4.79 Å². The van der Waals surface area contributed by atoms with Crippen molar-refractivity contribution < 1.29 is 19.4 Å². The van der Waals surface area contributed by atoms with Crippen molar-refractivity contribution >= 4 is 5.97 Å². The maximum absolute atomic E-state index is 12.2. The zero-order valence-corrected chi connectivity index (χ0v) is 31.7. The largest absolute Gasteiger partial charge is 0.457 e. The Kier molecular flexibility index (Phi) is 39.6. The fraction of sp³-hybridized carbons (Fsp3) is 0.750. The molecule has 0 aliphatic rings. The Morgan fingerprint density at radius 2 is 0.896 bits per heavy atom. The minimum Gasteiger partial charge on any atom is -0.457 e. The Hall–Kier alpha value is -1.91. The van der Waals surface area contributed by atoms with Gasteiger partial charge in [0, 0.05) is 13.0 Å². The summed E-state index contributed by atoms with van der Waals surface area (Å²) in [6, 6.07) is 0. The van der Waals surface area contributed by atoms with Crippen LogP contribution in [0.1, 0.15) is 187 Å². The molecule has 0 fully saturated rings. The summed E-state index contributed by atoms with van der Waals surface area (Å²) in [5.74, 6) is -0.219. The predicted molar refractivity (Wildman–Crippen MR) is 209 cm³/mol. The normalized spacial score (nSPS) is 13.0. The van der Waals surface area contributed by atoms with Crippen LogP contribution in [-0.4, -0.2) is 37.0 Å². The molecule has 0 saturated carbocycles. The van der Waals surface area contributed by atoms with Crippen LogP contribution in [0.5, 0.6) is 0 Å². The van der Waals surface area contributed by atoms with Gasteiger partial charge in [0.15, 0.2) is 0 Å². The summed E-state index contributed by atoms with van der Waals surface area (Å²) in [5, 5.41) is 9.58. The molecular formula is C44H78O4. The van der Waals surface area contributed by atoms with E-state index in [-0.39, 0.29) is 19.2 Å². The number of unbranched alkanes of at least 4 members (excludes halogenated alkanes) is 19. The van der Waals surface area contributed by atoms with Gasteiger partial charge in [0.05, 0.1) is 13.2 Å². The van der Waals surface area contributed by atoms with E-state index in [0.717, 1.165) is 57.8 Å². The molecule has 0 bridgehead atoms. The van der Waals surface area contributed by atoms with Crippen molar-refractivity contribution in [2.45, 2.75) is 193 Å². The van der Waals surface area contributed by atoms with E-state index in [1.165, 1.54) is 109 Å². The van der Waals surface area contributed by atoms with E-state index in [4.69, 9.17) is 9.47 Å². The van der Waals surface area contributed by atoms with Crippen molar-refractivity contribution in [1.29, 1.82) is 0 Å². The minimum atomic E-state index is -0.548. The predicted octanol–water partition coefficient (Wildman–Crippen LogP) is 13.3. The number of allylic oxidation sites excluding steroid dienone is 10. The molecule has 0 spiro atoms. The molecule has 0 aromatic rings. The number of aliphatic hydroxyl groups is 1. The molecule has 0 aromatic heterocycles. The molecule has 0 heterocycles. The van der Waals surface area contributed by atoms with E-state index in [2.05, 4.69) is 74.6 Å². The molecule has 48 heavy (non-hydrogen) atoms. The van der Waals surface area contributed by atoms with Crippen molar-refractivity contribution in [3.63, 3.8) is 0 Å². The number of carbonyl (C=O) groups excluding carboxylic acids is 1. The third kappa shape index (κ3) is 38.5. The minimum absolute atomic E-state index is 0.184. The fourth-order valence-corrected chi connectivity index (χ4v) is 5.47. The summed E-state index contributed by atoms with van der Waals surface area (Å²) < 4.78 is 11.1. The lowest BCUT2D eigenvalue weighted by Crippen LogP contribution is -2.27. The topological polar surface area (TPSA) is 55.8 Å². The zero-order chi connectivity index (χ0) is 34.9. The molecule has 1 N–H and O–H groups in total. The number of esters is 1. The highest BCUT2D eigenvalue weighted by Crippen LogP contribution is 2.12. The van der Waals surface area contributed by atoms with Crippen LogP contribution in [0.25, 0.3) is 0 Å². The van der Waals surface area contributed by atoms with Crippen molar-refractivity contribution in [3.8, 4) is 0 Å². The van der Waals surface area contributed by atoms with Gasteiger partial charge in [-0.05, 0) is 77.0 Å². The van der Waals surface area contributed by atoms with Crippen LogP contribution >= 0.6 is 0 Å². The van der Waals surface area contributed by atoms with Crippen LogP contribution in [0.4, 0.5) is 0 Å². The van der Waals surface area contributed by atoms with Gasteiger partial charge in [-0.15, -0.1) is 0 Å². The van der Waals surface area contributed by atoms with Gasteiger partial charge in [-0.2, -0.15) is 0 Å². The van der Waals surface area contributed by atoms with Crippen LogP contribution in [0, 0.1) is 0 Å². The van der Waals surface area contributed by atoms with Crippen LogP contribution in [0.15, 0.2) is 60.8 Å². The Bertz CT molecular complexity index is 794. The van der Waals surface area contributed by atoms with Gasteiger partial charge in [-0.25, -0.2) is 0 Å². The van der Waals surface area contributed by atoms with Gasteiger partial charge < -0.3 is 14.6 Å². The molecule has 0 saturated heterocycles. The van der Waals surface area contributed by atoms with E-state index in [1.54, 1.807) is 0 Å². The number of hydrogen-bond acceptors (Lipinski definition) is 4. The maximum atomic E-state index is 12.2. The molecule has 0 aromatic carbocycles. The quantitative estimate of drug-likeness (QED) is 0.0406. The van der Waals surface area contributed by atoms with Crippen LogP contribution < -0.4 is 0 Å². The van der Waals surface area contributed by atoms with Crippen molar-refractivity contribution in [2.75, 3.05) is 19.8 Å². The summed E-state index contributed by atoms with van der Waals surface area (Å²) in [4.78, 5) is 12.2. The van der Waals surface area contributed by atoms with E-state index >= 15 is 0 Å². The summed E-state index contributed by atoms with van der Waals surface area (Å²) in [6.45, 7) is 5.26. The van der Waals surface area contributed by atoms with E-state index < -0.39 is 6.10 Å². The highest BCUT2D eigenvalue weighted by atomic mass is 16.6. The third-order valence-corrected chi connectivity index (χ3v) is 8.57. The van der Waals surface area contributed by atoms with Gasteiger partial charge >= 0.3 is 5.97 Å². The first-order valence-corrected chi connectivity index (χ1v) is 20.4. The van der Waals surface area contributed by atoms with Crippen molar-refractivity contribution in [2.24, 2.45) is 0 Å². The molecule has 278 valence electrons. The first-order chi connectivity index (χ1) is 23.7. The molecule has 0 aliphatic carbocycles. The number of hydrogen-bond donors (Lipinski definition) is 1. The number of aliphatic hydroxyl groups excluding tert-OH is 1. The van der Waals surface area contributed by atoms with Gasteiger partial charge in [0.25, 0.3) is 0 Å². The molecular weight excluding hydrogens is 592 g/mol. The molecule has 0 aliphatic heterocycles. The van der Waals surface area contributed by atoms with Gasteiger partial charge in [-0.1, -0.05) is 164 Å². The molecule has 0 rings (SSSR count). The number of rotatable bonds is 37. The summed E-state index contributed by atoms with van der Waals surface area (Å²) in [7, 11) is 0. The van der Waals surface area contributed by atoms with Crippen molar-refractivity contribution in [3.05, 3.63) is 60.8 Å².